The summed E-state index contributed by atoms with van der Waals surface area (Å²) in [5, 5.41) is -0.332. The van der Waals surface area contributed by atoms with Crippen molar-refractivity contribution in [1.29, 1.82) is 0 Å². The molecule has 0 atom stereocenters. The van der Waals surface area contributed by atoms with Crippen molar-refractivity contribution in [1.82, 2.24) is 4.90 Å². The van der Waals surface area contributed by atoms with Crippen LogP contribution in [0.2, 0.25) is 5.02 Å². The standard InChI is InChI=1S/C19H14BrClFNO4S/c1-26-15-7-10(6-12(20)17(15)27-2)8-16-18(24)23(19(25)28-16)9-11-13(21)4-3-5-14(11)22/h3-8H,9H2,1-2H3/b16-8-. The van der Waals surface area contributed by atoms with E-state index in [-0.39, 0.29) is 22.0 Å². The quantitative estimate of drug-likeness (QED) is 0.523. The van der Waals surface area contributed by atoms with Crippen LogP contribution >= 0.6 is 39.3 Å². The summed E-state index contributed by atoms with van der Waals surface area (Å²) in [4.78, 5) is 26.2. The Kier molecular flexibility index (Phi) is 6.32. The molecule has 0 saturated carbocycles. The van der Waals surface area contributed by atoms with Crippen LogP contribution in [0.15, 0.2) is 39.7 Å². The van der Waals surface area contributed by atoms with Gasteiger partial charge in [-0.15, -0.1) is 0 Å². The summed E-state index contributed by atoms with van der Waals surface area (Å²) in [6.45, 7) is -0.233. The normalized spacial score (nSPS) is 15.5. The molecule has 0 unspecified atom stereocenters. The Morgan fingerprint density at radius 3 is 2.64 bits per heavy atom. The highest BCUT2D eigenvalue weighted by molar-refractivity contribution is 9.10. The number of rotatable bonds is 5. The van der Waals surface area contributed by atoms with E-state index in [2.05, 4.69) is 15.9 Å². The van der Waals surface area contributed by atoms with Crippen LogP contribution in [-0.2, 0) is 11.3 Å². The van der Waals surface area contributed by atoms with Crippen LogP contribution in [0.3, 0.4) is 0 Å². The molecule has 0 N–H and O–H groups in total. The van der Waals surface area contributed by atoms with Gasteiger partial charge in [0.15, 0.2) is 11.5 Å². The Bertz CT molecular complexity index is 978. The van der Waals surface area contributed by atoms with Crippen molar-refractivity contribution in [2.24, 2.45) is 0 Å². The number of thioether (sulfide) groups is 1. The van der Waals surface area contributed by atoms with Crippen LogP contribution in [0.4, 0.5) is 9.18 Å². The van der Waals surface area contributed by atoms with Crippen LogP contribution in [0, 0.1) is 5.82 Å². The van der Waals surface area contributed by atoms with Gasteiger partial charge in [0, 0.05) is 10.6 Å². The Labute approximate surface area is 178 Å². The highest BCUT2D eigenvalue weighted by Crippen LogP contribution is 2.39. The molecule has 146 valence electrons. The maximum absolute atomic E-state index is 14.0. The van der Waals surface area contributed by atoms with Gasteiger partial charge in [0.1, 0.15) is 5.82 Å². The van der Waals surface area contributed by atoms with E-state index in [0.29, 0.717) is 21.5 Å². The van der Waals surface area contributed by atoms with Gasteiger partial charge in [0.2, 0.25) is 0 Å². The predicted molar refractivity (Wildman–Crippen MR) is 110 cm³/mol. The highest BCUT2D eigenvalue weighted by Gasteiger charge is 2.36. The fraction of sp³-hybridized carbons (Fsp3) is 0.158. The molecule has 3 rings (SSSR count). The summed E-state index contributed by atoms with van der Waals surface area (Å²) in [7, 11) is 3.02. The van der Waals surface area contributed by atoms with E-state index in [9.17, 15) is 14.0 Å². The maximum Gasteiger partial charge on any atom is 0.293 e. The zero-order chi connectivity index (χ0) is 20.4. The van der Waals surface area contributed by atoms with Gasteiger partial charge in [0.25, 0.3) is 11.1 Å². The Hall–Kier alpha value is -2.03. The molecule has 1 heterocycles. The van der Waals surface area contributed by atoms with Crippen molar-refractivity contribution < 1.29 is 23.5 Å². The average Bonchev–Trinajstić information content (AvgIpc) is 2.91. The lowest BCUT2D eigenvalue weighted by atomic mass is 10.1. The molecule has 2 aromatic carbocycles. The number of hydrogen-bond acceptors (Lipinski definition) is 5. The smallest absolute Gasteiger partial charge is 0.293 e. The molecular formula is C19H14BrClFNO4S. The summed E-state index contributed by atoms with van der Waals surface area (Å²) in [6, 6.07) is 7.63. The van der Waals surface area contributed by atoms with Gasteiger partial charge in [-0.05, 0) is 63.6 Å². The van der Waals surface area contributed by atoms with Crippen molar-refractivity contribution >= 4 is 56.5 Å². The van der Waals surface area contributed by atoms with Gasteiger partial charge in [0.05, 0.1) is 30.1 Å². The number of ether oxygens (including phenoxy) is 2. The number of imide groups is 1. The van der Waals surface area contributed by atoms with Gasteiger partial charge in [-0.25, -0.2) is 4.39 Å². The molecule has 1 aliphatic rings. The molecule has 2 amide bonds. The zero-order valence-corrected chi connectivity index (χ0v) is 18.0. The first-order valence-electron chi connectivity index (χ1n) is 7.95. The van der Waals surface area contributed by atoms with E-state index in [1.54, 1.807) is 18.2 Å². The zero-order valence-electron chi connectivity index (χ0n) is 14.8. The average molecular weight is 487 g/mol. The van der Waals surface area contributed by atoms with Gasteiger partial charge >= 0.3 is 0 Å². The van der Waals surface area contributed by atoms with Crippen molar-refractivity contribution in [3.8, 4) is 11.5 Å². The van der Waals surface area contributed by atoms with Crippen LogP contribution in [0.25, 0.3) is 6.08 Å². The Morgan fingerprint density at radius 1 is 1.25 bits per heavy atom. The molecule has 0 spiro atoms. The third-order valence-electron chi connectivity index (χ3n) is 4.01. The van der Waals surface area contributed by atoms with Crippen molar-refractivity contribution in [3.05, 3.63) is 61.7 Å². The number of nitrogens with zero attached hydrogens (tertiary/aromatic N) is 1. The van der Waals surface area contributed by atoms with Gasteiger partial charge in [-0.3, -0.25) is 14.5 Å². The second kappa shape index (κ2) is 8.55. The van der Waals surface area contributed by atoms with E-state index in [4.69, 9.17) is 21.1 Å². The number of hydrogen-bond donors (Lipinski definition) is 0. The van der Waals surface area contributed by atoms with Crippen molar-refractivity contribution in [2.45, 2.75) is 6.54 Å². The van der Waals surface area contributed by atoms with Crippen LogP contribution < -0.4 is 9.47 Å². The summed E-state index contributed by atoms with van der Waals surface area (Å²) in [5.41, 5.74) is 0.737. The first kappa shape index (κ1) is 20.7. The van der Waals surface area contributed by atoms with Gasteiger partial charge in [-0.2, -0.15) is 0 Å². The molecular weight excluding hydrogens is 473 g/mol. The molecule has 9 heteroatoms. The maximum atomic E-state index is 14.0. The number of halogens is 3. The highest BCUT2D eigenvalue weighted by atomic mass is 79.9. The predicted octanol–water partition coefficient (Wildman–Crippen LogP) is 5.50. The monoisotopic (exact) mass is 485 g/mol. The molecule has 0 radical (unpaired) electrons. The minimum absolute atomic E-state index is 0.0987. The van der Waals surface area contributed by atoms with E-state index >= 15 is 0 Å². The largest absolute Gasteiger partial charge is 0.493 e. The van der Waals surface area contributed by atoms with Crippen LogP contribution in [0.5, 0.6) is 11.5 Å². The molecule has 0 aliphatic carbocycles. The van der Waals surface area contributed by atoms with E-state index in [1.165, 1.54) is 32.4 Å². The molecule has 0 aromatic heterocycles. The SMILES string of the molecule is COc1cc(/C=C2\SC(=O)N(Cc3c(F)cccc3Cl)C2=O)cc(Br)c1OC. The summed E-state index contributed by atoms with van der Waals surface area (Å²) in [6.07, 6.45) is 1.57. The summed E-state index contributed by atoms with van der Waals surface area (Å²) in [5.74, 6) is -0.0954. The van der Waals surface area contributed by atoms with Crippen LogP contribution in [-0.4, -0.2) is 30.3 Å². The number of carbonyl (C=O) groups is 2. The van der Waals surface area contributed by atoms with E-state index in [0.717, 1.165) is 16.7 Å². The molecule has 0 bridgehead atoms. The second-order valence-electron chi connectivity index (χ2n) is 5.71. The van der Waals surface area contributed by atoms with Gasteiger partial charge < -0.3 is 9.47 Å². The minimum Gasteiger partial charge on any atom is -0.493 e. The second-order valence-corrected chi connectivity index (χ2v) is 7.96. The molecule has 1 fully saturated rings. The topological polar surface area (TPSA) is 55.8 Å². The molecule has 1 aliphatic heterocycles. The lowest BCUT2D eigenvalue weighted by Gasteiger charge is -2.14. The molecule has 1 saturated heterocycles. The minimum atomic E-state index is -0.570. The lowest BCUT2D eigenvalue weighted by molar-refractivity contribution is -0.123. The van der Waals surface area contributed by atoms with Crippen LogP contribution in [0.1, 0.15) is 11.1 Å². The number of amides is 2. The Balaban J connectivity index is 1.90. The number of benzene rings is 2. The third kappa shape index (κ3) is 4.04. The summed E-state index contributed by atoms with van der Waals surface area (Å²) < 4.78 is 25.2. The molecule has 5 nitrogen and oxygen atoms in total. The molecule has 2 aromatic rings. The third-order valence-corrected chi connectivity index (χ3v) is 5.86. The number of methoxy groups -OCH3 is 2. The van der Waals surface area contributed by atoms with E-state index < -0.39 is 17.0 Å². The van der Waals surface area contributed by atoms with E-state index in [1.807, 2.05) is 0 Å². The lowest BCUT2D eigenvalue weighted by Crippen LogP contribution is -2.28. The van der Waals surface area contributed by atoms with Crippen molar-refractivity contribution in [3.63, 3.8) is 0 Å². The van der Waals surface area contributed by atoms with Crippen molar-refractivity contribution in [2.75, 3.05) is 14.2 Å². The Morgan fingerprint density at radius 2 is 2.00 bits per heavy atom. The first-order chi connectivity index (χ1) is 13.3. The summed E-state index contributed by atoms with van der Waals surface area (Å²) >= 11 is 10.2. The fourth-order valence-electron chi connectivity index (χ4n) is 2.65. The number of carbonyl (C=O) groups excluding carboxylic acids is 2. The fourth-order valence-corrected chi connectivity index (χ4v) is 4.33. The molecule has 28 heavy (non-hydrogen) atoms. The van der Waals surface area contributed by atoms with Gasteiger partial charge in [-0.1, -0.05) is 17.7 Å². The first-order valence-corrected chi connectivity index (χ1v) is 9.94.